The molecule has 2 rings (SSSR count). The van der Waals surface area contributed by atoms with E-state index in [0.717, 1.165) is 24.7 Å². The van der Waals surface area contributed by atoms with E-state index in [-0.39, 0.29) is 5.56 Å². The Balaban J connectivity index is 2.17. The highest BCUT2D eigenvalue weighted by Gasteiger charge is 2.10. The Morgan fingerprint density at radius 2 is 1.90 bits per heavy atom. The molecule has 0 bridgehead atoms. The molecule has 4 heteroatoms. The number of benzene rings is 2. The Kier molecular flexibility index (Phi) is 4.93. The van der Waals surface area contributed by atoms with Crippen LogP contribution in [0.4, 0.5) is 4.39 Å². The summed E-state index contributed by atoms with van der Waals surface area (Å²) in [5.74, 6) is -0.940. The normalized spacial score (nSPS) is 10.4. The van der Waals surface area contributed by atoms with Crippen LogP contribution in [-0.4, -0.2) is 17.7 Å². The first kappa shape index (κ1) is 15.0. The van der Waals surface area contributed by atoms with Crippen LogP contribution in [0, 0.1) is 5.82 Å². The van der Waals surface area contributed by atoms with Crippen molar-refractivity contribution in [1.29, 1.82) is 0 Å². The predicted octanol–water partition coefficient (Wildman–Crippen LogP) is 4.37. The first-order chi connectivity index (χ1) is 10.1. The van der Waals surface area contributed by atoms with Crippen LogP contribution in [-0.2, 0) is 0 Å². The number of carbonyl (C=O) groups is 1. The van der Waals surface area contributed by atoms with E-state index in [1.165, 1.54) is 12.1 Å². The van der Waals surface area contributed by atoms with Crippen LogP contribution in [0.2, 0.25) is 0 Å². The summed E-state index contributed by atoms with van der Waals surface area (Å²) in [6, 6.07) is 11.0. The fraction of sp³-hybridized carbons (Fsp3) is 0.235. The highest BCUT2D eigenvalue weighted by Crippen LogP contribution is 2.26. The van der Waals surface area contributed by atoms with Gasteiger partial charge in [-0.25, -0.2) is 9.18 Å². The predicted molar refractivity (Wildman–Crippen MR) is 79.2 cm³/mol. The van der Waals surface area contributed by atoms with Crippen molar-refractivity contribution in [2.24, 2.45) is 0 Å². The average Bonchev–Trinajstić information content (AvgIpc) is 2.48. The third kappa shape index (κ3) is 3.81. The number of unbranched alkanes of at least 4 members (excludes halogenated alkanes) is 1. The first-order valence-corrected chi connectivity index (χ1v) is 6.88. The van der Waals surface area contributed by atoms with Gasteiger partial charge in [-0.15, -0.1) is 0 Å². The van der Waals surface area contributed by atoms with Gasteiger partial charge in [0.25, 0.3) is 0 Å². The highest BCUT2D eigenvalue weighted by atomic mass is 19.1. The van der Waals surface area contributed by atoms with Crippen molar-refractivity contribution in [2.45, 2.75) is 19.8 Å². The fourth-order valence-electron chi connectivity index (χ4n) is 1.95. The van der Waals surface area contributed by atoms with Crippen molar-refractivity contribution in [2.75, 3.05) is 6.61 Å². The monoisotopic (exact) mass is 288 g/mol. The number of halogens is 1. The van der Waals surface area contributed by atoms with Gasteiger partial charge in [0.2, 0.25) is 0 Å². The zero-order valence-corrected chi connectivity index (χ0v) is 11.8. The maximum Gasteiger partial charge on any atom is 0.335 e. The Morgan fingerprint density at radius 3 is 2.48 bits per heavy atom. The van der Waals surface area contributed by atoms with Gasteiger partial charge >= 0.3 is 5.97 Å². The maximum atomic E-state index is 14.0. The molecular formula is C17H17FO3. The van der Waals surface area contributed by atoms with Gasteiger partial charge in [-0.05, 0) is 36.2 Å². The lowest BCUT2D eigenvalue weighted by Crippen LogP contribution is -1.98. The van der Waals surface area contributed by atoms with Crippen molar-refractivity contribution in [3.63, 3.8) is 0 Å². The Bertz CT molecular complexity index is 620. The SMILES string of the molecule is CCCCOc1ccc(-c2ccc(C(=O)O)cc2F)cc1. The standard InChI is InChI=1S/C17H17FO3/c1-2-3-10-21-14-7-4-12(5-8-14)15-9-6-13(17(19)20)11-16(15)18/h4-9,11H,2-3,10H2,1H3,(H,19,20). The summed E-state index contributed by atoms with van der Waals surface area (Å²) < 4.78 is 19.5. The molecule has 0 amide bonds. The van der Waals surface area contributed by atoms with Gasteiger partial charge < -0.3 is 9.84 Å². The van der Waals surface area contributed by atoms with E-state index in [2.05, 4.69) is 6.92 Å². The molecule has 2 aromatic rings. The lowest BCUT2D eigenvalue weighted by molar-refractivity contribution is 0.0696. The smallest absolute Gasteiger partial charge is 0.335 e. The molecule has 0 fully saturated rings. The number of hydrogen-bond donors (Lipinski definition) is 1. The van der Waals surface area contributed by atoms with Gasteiger partial charge in [0.1, 0.15) is 11.6 Å². The van der Waals surface area contributed by atoms with E-state index >= 15 is 0 Å². The summed E-state index contributed by atoms with van der Waals surface area (Å²) in [4.78, 5) is 10.8. The largest absolute Gasteiger partial charge is 0.494 e. The number of rotatable bonds is 6. The number of aromatic carboxylic acids is 1. The van der Waals surface area contributed by atoms with Crippen LogP contribution in [0.3, 0.4) is 0 Å². The van der Waals surface area contributed by atoms with Gasteiger partial charge in [0, 0.05) is 5.56 Å². The van der Waals surface area contributed by atoms with Crippen molar-refractivity contribution in [3.8, 4) is 16.9 Å². The summed E-state index contributed by atoms with van der Waals surface area (Å²) in [5.41, 5.74) is 1.00. The molecule has 0 atom stereocenters. The quantitative estimate of drug-likeness (QED) is 0.803. The Morgan fingerprint density at radius 1 is 1.19 bits per heavy atom. The zero-order chi connectivity index (χ0) is 15.2. The highest BCUT2D eigenvalue weighted by molar-refractivity contribution is 5.88. The van der Waals surface area contributed by atoms with Gasteiger partial charge in [-0.3, -0.25) is 0 Å². The molecule has 0 unspecified atom stereocenters. The number of ether oxygens (including phenoxy) is 1. The molecule has 110 valence electrons. The minimum atomic E-state index is -1.14. The van der Waals surface area contributed by atoms with E-state index in [0.29, 0.717) is 17.7 Å². The lowest BCUT2D eigenvalue weighted by atomic mass is 10.0. The van der Waals surface area contributed by atoms with E-state index in [1.807, 2.05) is 0 Å². The number of hydrogen-bond acceptors (Lipinski definition) is 2. The molecule has 0 aromatic heterocycles. The second kappa shape index (κ2) is 6.88. The molecule has 21 heavy (non-hydrogen) atoms. The average molecular weight is 288 g/mol. The van der Waals surface area contributed by atoms with Crippen LogP contribution >= 0.6 is 0 Å². The molecular weight excluding hydrogens is 271 g/mol. The van der Waals surface area contributed by atoms with Gasteiger partial charge in [-0.2, -0.15) is 0 Å². The number of carboxylic acids is 1. The molecule has 0 aliphatic heterocycles. The Labute approximate surface area is 123 Å². The van der Waals surface area contributed by atoms with Gasteiger partial charge in [0.15, 0.2) is 0 Å². The lowest BCUT2D eigenvalue weighted by Gasteiger charge is -2.08. The van der Waals surface area contributed by atoms with Gasteiger partial charge in [-0.1, -0.05) is 31.5 Å². The third-order valence-corrected chi connectivity index (χ3v) is 3.15. The molecule has 2 aromatic carbocycles. The van der Waals surface area contributed by atoms with Crippen molar-refractivity contribution in [1.82, 2.24) is 0 Å². The minimum Gasteiger partial charge on any atom is -0.494 e. The molecule has 3 nitrogen and oxygen atoms in total. The summed E-state index contributed by atoms with van der Waals surface area (Å²) >= 11 is 0. The van der Waals surface area contributed by atoms with Gasteiger partial charge in [0.05, 0.1) is 12.2 Å². The summed E-state index contributed by atoms with van der Waals surface area (Å²) in [6.45, 7) is 2.76. The van der Waals surface area contributed by atoms with Crippen molar-refractivity contribution in [3.05, 3.63) is 53.8 Å². The van der Waals surface area contributed by atoms with Crippen LogP contribution < -0.4 is 4.74 Å². The molecule has 0 aliphatic rings. The van der Waals surface area contributed by atoms with Crippen LogP contribution in [0.25, 0.3) is 11.1 Å². The van der Waals surface area contributed by atoms with Crippen LogP contribution in [0.5, 0.6) is 5.75 Å². The molecule has 0 saturated heterocycles. The van der Waals surface area contributed by atoms with Crippen LogP contribution in [0.15, 0.2) is 42.5 Å². The summed E-state index contributed by atoms with van der Waals surface area (Å²) in [6.07, 6.45) is 2.06. The first-order valence-electron chi connectivity index (χ1n) is 6.88. The Hall–Kier alpha value is -2.36. The molecule has 0 saturated carbocycles. The van der Waals surface area contributed by atoms with Crippen molar-refractivity contribution >= 4 is 5.97 Å². The second-order valence-electron chi connectivity index (χ2n) is 4.73. The minimum absolute atomic E-state index is 0.0595. The van der Waals surface area contributed by atoms with E-state index < -0.39 is 11.8 Å². The second-order valence-corrected chi connectivity index (χ2v) is 4.73. The van der Waals surface area contributed by atoms with Crippen molar-refractivity contribution < 1.29 is 19.0 Å². The molecule has 0 spiro atoms. The molecule has 0 aliphatic carbocycles. The number of carboxylic acid groups (broad SMARTS) is 1. The van der Waals surface area contributed by atoms with E-state index in [4.69, 9.17) is 9.84 Å². The summed E-state index contributed by atoms with van der Waals surface area (Å²) in [7, 11) is 0. The third-order valence-electron chi connectivity index (χ3n) is 3.15. The zero-order valence-electron chi connectivity index (χ0n) is 11.8. The molecule has 0 heterocycles. The maximum absolute atomic E-state index is 14.0. The van der Waals surface area contributed by atoms with Crippen LogP contribution in [0.1, 0.15) is 30.1 Å². The van der Waals surface area contributed by atoms with E-state index in [1.54, 1.807) is 24.3 Å². The van der Waals surface area contributed by atoms with E-state index in [9.17, 15) is 9.18 Å². The summed E-state index contributed by atoms with van der Waals surface area (Å²) in [5, 5.41) is 8.83. The molecule has 0 radical (unpaired) electrons. The topological polar surface area (TPSA) is 46.5 Å². The molecule has 1 N–H and O–H groups in total. The fourth-order valence-corrected chi connectivity index (χ4v) is 1.95.